The van der Waals surface area contributed by atoms with Gasteiger partial charge in [0.1, 0.15) is 6.54 Å². The minimum Gasteiger partial charge on any atom is -0.468 e. The smallest absolute Gasteiger partial charge is 0.325 e. The van der Waals surface area contributed by atoms with Gasteiger partial charge in [0, 0.05) is 23.2 Å². The second-order valence-corrected chi connectivity index (χ2v) is 5.12. The summed E-state index contributed by atoms with van der Waals surface area (Å²) in [5.74, 6) is -0.811. The van der Waals surface area contributed by atoms with Gasteiger partial charge >= 0.3 is 5.97 Å². The summed E-state index contributed by atoms with van der Waals surface area (Å²) in [4.78, 5) is 22.7. The molecule has 0 spiro atoms. The van der Waals surface area contributed by atoms with Gasteiger partial charge in [0.15, 0.2) is 0 Å². The second kappa shape index (κ2) is 7.45. The maximum absolute atomic E-state index is 11.7. The molecule has 0 saturated carbocycles. The van der Waals surface area contributed by atoms with E-state index in [1.807, 2.05) is 50.2 Å². The van der Waals surface area contributed by atoms with E-state index >= 15 is 0 Å². The van der Waals surface area contributed by atoms with E-state index in [2.05, 4.69) is 14.6 Å². The number of hydrogen-bond acceptors (Lipinski definition) is 3. The molecule has 0 fully saturated rings. The molecule has 5 nitrogen and oxygen atoms in total. The van der Waals surface area contributed by atoms with Crippen molar-refractivity contribution in [3.05, 3.63) is 59.4 Å². The highest BCUT2D eigenvalue weighted by Crippen LogP contribution is 2.21. The summed E-state index contributed by atoms with van der Waals surface area (Å²) in [6, 6.07) is 12.1. The van der Waals surface area contributed by atoms with Crippen molar-refractivity contribution in [1.29, 1.82) is 0 Å². The van der Waals surface area contributed by atoms with Crippen LogP contribution in [0.1, 0.15) is 17.0 Å². The van der Waals surface area contributed by atoms with Crippen LogP contribution in [-0.4, -0.2) is 30.1 Å². The Bertz CT molecular complexity index is 730. The first kappa shape index (κ1) is 16.5. The molecule has 5 heteroatoms. The minimum absolute atomic E-state index is 0.136. The zero-order valence-electron chi connectivity index (χ0n) is 13.5. The van der Waals surface area contributed by atoms with Gasteiger partial charge in [-0.2, -0.15) is 0 Å². The number of esters is 1. The van der Waals surface area contributed by atoms with E-state index in [1.165, 1.54) is 13.2 Å². The zero-order chi connectivity index (χ0) is 16.8. The molecule has 0 atom stereocenters. The van der Waals surface area contributed by atoms with Crippen LogP contribution in [0.25, 0.3) is 11.8 Å². The molecule has 0 aliphatic heterocycles. The highest BCUT2D eigenvalue weighted by Gasteiger charge is 2.09. The van der Waals surface area contributed by atoms with Gasteiger partial charge in [-0.3, -0.25) is 9.59 Å². The Kier molecular flexibility index (Phi) is 5.36. The number of hydrogen-bond donors (Lipinski definition) is 1. The van der Waals surface area contributed by atoms with E-state index in [4.69, 9.17) is 0 Å². The predicted octanol–water partition coefficient (Wildman–Crippen LogP) is 2.40. The summed E-state index contributed by atoms with van der Waals surface area (Å²) < 4.78 is 6.60. The maximum Gasteiger partial charge on any atom is 0.325 e. The molecule has 1 aromatic carbocycles. The lowest BCUT2D eigenvalue weighted by molar-refractivity contribution is -0.140. The molecule has 120 valence electrons. The summed E-state index contributed by atoms with van der Waals surface area (Å²) in [7, 11) is 1.28. The van der Waals surface area contributed by atoms with Gasteiger partial charge in [-0.05, 0) is 43.7 Å². The third kappa shape index (κ3) is 4.10. The Morgan fingerprint density at radius 1 is 1.22 bits per heavy atom. The van der Waals surface area contributed by atoms with E-state index in [-0.39, 0.29) is 12.5 Å². The molecule has 0 saturated heterocycles. The van der Waals surface area contributed by atoms with Crippen LogP contribution >= 0.6 is 0 Å². The van der Waals surface area contributed by atoms with Gasteiger partial charge in [-0.15, -0.1) is 0 Å². The van der Waals surface area contributed by atoms with Crippen LogP contribution in [0.2, 0.25) is 0 Å². The minimum atomic E-state index is -0.478. The predicted molar refractivity (Wildman–Crippen MR) is 89.3 cm³/mol. The van der Waals surface area contributed by atoms with Crippen molar-refractivity contribution >= 4 is 18.0 Å². The van der Waals surface area contributed by atoms with E-state index < -0.39 is 5.97 Å². The fourth-order valence-corrected chi connectivity index (χ4v) is 2.39. The van der Waals surface area contributed by atoms with Crippen molar-refractivity contribution in [2.75, 3.05) is 13.7 Å². The molecule has 1 aromatic heterocycles. The lowest BCUT2D eigenvalue weighted by Crippen LogP contribution is -2.28. The van der Waals surface area contributed by atoms with Crippen molar-refractivity contribution < 1.29 is 14.3 Å². The summed E-state index contributed by atoms with van der Waals surface area (Å²) in [5.41, 5.74) is 4.17. The Morgan fingerprint density at radius 3 is 2.57 bits per heavy atom. The third-order valence-corrected chi connectivity index (χ3v) is 3.53. The van der Waals surface area contributed by atoms with Crippen LogP contribution in [0.3, 0.4) is 0 Å². The highest BCUT2D eigenvalue weighted by atomic mass is 16.5. The lowest BCUT2D eigenvalue weighted by atomic mass is 10.2. The van der Waals surface area contributed by atoms with Gasteiger partial charge in [0.25, 0.3) is 0 Å². The van der Waals surface area contributed by atoms with Gasteiger partial charge in [-0.25, -0.2) is 0 Å². The number of para-hydroxylation sites is 1. The quantitative estimate of drug-likeness (QED) is 0.681. The number of aromatic nitrogens is 1. The number of aryl methyl sites for hydroxylation is 1. The first-order valence-corrected chi connectivity index (χ1v) is 7.30. The largest absolute Gasteiger partial charge is 0.468 e. The van der Waals surface area contributed by atoms with Crippen molar-refractivity contribution in [2.45, 2.75) is 13.8 Å². The molecule has 0 unspecified atom stereocenters. The molecule has 0 radical (unpaired) electrons. The molecule has 2 rings (SSSR count). The van der Waals surface area contributed by atoms with Crippen LogP contribution in [0.15, 0.2) is 42.5 Å². The Balaban J connectivity index is 2.14. The number of carbonyl (C=O) groups is 2. The second-order valence-electron chi connectivity index (χ2n) is 5.12. The number of ether oxygens (including phenoxy) is 1. The van der Waals surface area contributed by atoms with Gasteiger partial charge in [0.05, 0.1) is 7.11 Å². The Labute approximate surface area is 135 Å². The van der Waals surface area contributed by atoms with Gasteiger partial charge < -0.3 is 14.6 Å². The van der Waals surface area contributed by atoms with Crippen molar-refractivity contribution in [3.63, 3.8) is 0 Å². The molecule has 0 aliphatic rings. The Morgan fingerprint density at radius 2 is 1.91 bits per heavy atom. The average Bonchev–Trinajstić information content (AvgIpc) is 2.85. The van der Waals surface area contributed by atoms with E-state index in [0.717, 1.165) is 22.6 Å². The van der Waals surface area contributed by atoms with Crippen LogP contribution in [-0.2, 0) is 14.3 Å². The number of benzene rings is 1. The molecule has 1 heterocycles. The average molecular weight is 312 g/mol. The summed E-state index contributed by atoms with van der Waals surface area (Å²) >= 11 is 0. The highest BCUT2D eigenvalue weighted by molar-refractivity contribution is 5.93. The first-order chi connectivity index (χ1) is 11.0. The van der Waals surface area contributed by atoms with E-state index in [0.29, 0.717) is 0 Å². The molecule has 23 heavy (non-hydrogen) atoms. The molecular formula is C18H20N2O3. The monoisotopic (exact) mass is 312 g/mol. The van der Waals surface area contributed by atoms with E-state index in [1.54, 1.807) is 6.08 Å². The fraction of sp³-hybridized carbons (Fsp3) is 0.222. The molecular weight excluding hydrogens is 292 g/mol. The van der Waals surface area contributed by atoms with Gasteiger partial charge in [-0.1, -0.05) is 18.2 Å². The SMILES string of the molecule is COC(=O)CNC(=O)/C=C/c1cc(C)n(-c2ccccc2)c1C. The van der Waals surface area contributed by atoms with Crippen molar-refractivity contribution in [1.82, 2.24) is 9.88 Å². The number of nitrogens with one attached hydrogen (secondary N) is 1. The van der Waals surface area contributed by atoms with Crippen LogP contribution in [0.4, 0.5) is 0 Å². The van der Waals surface area contributed by atoms with Gasteiger partial charge in [0.2, 0.25) is 5.91 Å². The number of nitrogens with zero attached hydrogens (tertiary/aromatic N) is 1. The first-order valence-electron chi connectivity index (χ1n) is 7.30. The summed E-state index contributed by atoms with van der Waals surface area (Å²) in [6.07, 6.45) is 3.16. The normalized spacial score (nSPS) is 10.7. The van der Waals surface area contributed by atoms with Crippen LogP contribution < -0.4 is 5.32 Å². The van der Waals surface area contributed by atoms with Crippen LogP contribution in [0, 0.1) is 13.8 Å². The topological polar surface area (TPSA) is 60.3 Å². The lowest BCUT2D eigenvalue weighted by Gasteiger charge is -2.09. The molecule has 1 amide bonds. The number of methoxy groups -OCH3 is 1. The third-order valence-electron chi connectivity index (χ3n) is 3.53. The number of carbonyl (C=O) groups excluding carboxylic acids is 2. The standard InChI is InChI=1S/C18H20N2O3/c1-13-11-15(9-10-17(21)19-12-18(22)23-3)14(2)20(13)16-7-5-4-6-8-16/h4-11H,12H2,1-3H3,(H,19,21)/b10-9+. The zero-order valence-corrected chi connectivity index (χ0v) is 13.5. The van der Waals surface area contributed by atoms with E-state index in [9.17, 15) is 9.59 Å². The fourth-order valence-electron chi connectivity index (χ4n) is 2.39. The molecule has 1 N–H and O–H groups in total. The van der Waals surface area contributed by atoms with Crippen molar-refractivity contribution in [3.8, 4) is 5.69 Å². The molecule has 0 bridgehead atoms. The number of amides is 1. The molecule has 0 aliphatic carbocycles. The summed E-state index contributed by atoms with van der Waals surface area (Å²) in [5, 5.41) is 2.47. The molecule has 2 aromatic rings. The number of rotatable bonds is 5. The maximum atomic E-state index is 11.7. The Hall–Kier alpha value is -2.82. The summed E-state index contributed by atoms with van der Waals surface area (Å²) in [6.45, 7) is 3.89. The van der Waals surface area contributed by atoms with Crippen LogP contribution in [0.5, 0.6) is 0 Å². The van der Waals surface area contributed by atoms with Crippen molar-refractivity contribution in [2.24, 2.45) is 0 Å².